The van der Waals surface area contributed by atoms with Crippen LogP contribution in [-0.2, 0) is 4.79 Å². The second-order valence-electron chi connectivity index (χ2n) is 5.89. The monoisotopic (exact) mass is 373 g/mol. The van der Waals surface area contributed by atoms with Gasteiger partial charge >= 0.3 is 0 Å². The molecule has 0 aliphatic carbocycles. The van der Waals surface area contributed by atoms with Gasteiger partial charge in [0.05, 0.1) is 16.3 Å². The summed E-state index contributed by atoms with van der Waals surface area (Å²) in [5, 5.41) is 27.3. The van der Waals surface area contributed by atoms with E-state index in [2.05, 4.69) is 10.4 Å². The van der Waals surface area contributed by atoms with Crippen molar-refractivity contribution in [1.29, 1.82) is 5.26 Å². The number of anilines is 1. The maximum Gasteiger partial charge on any atom is 0.270 e. The molecule has 3 aromatic rings. The number of rotatable bonds is 5. The van der Waals surface area contributed by atoms with E-state index in [1.54, 1.807) is 23.7 Å². The number of nitro benzene ring substituents is 1. The molecule has 0 aliphatic heterocycles. The third kappa shape index (κ3) is 4.11. The van der Waals surface area contributed by atoms with E-state index in [0.29, 0.717) is 17.1 Å². The lowest BCUT2D eigenvalue weighted by atomic mass is 10.1. The Morgan fingerprint density at radius 3 is 2.64 bits per heavy atom. The molecule has 0 saturated carbocycles. The number of para-hydroxylation sites is 1. The fraction of sp³-hybridized carbons (Fsp3) is 0.0500. The van der Waals surface area contributed by atoms with Crippen molar-refractivity contribution in [3.05, 3.63) is 87.6 Å². The standard InChI is InChI=1S/C20H15N5O3/c1-14-10-19(24(23-14)17-7-3-2-4-8-17)22-20(26)16(13-21)11-15-6-5-9-18(12-15)25(27)28/h2-12H,1H3,(H,22,26). The Bertz CT molecular complexity index is 1110. The third-order valence-corrected chi connectivity index (χ3v) is 3.83. The molecule has 3 rings (SSSR count). The maximum absolute atomic E-state index is 12.6. The van der Waals surface area contributed by atoms with Crippen LogP contribution in [0, 0.1) is 28.4 Å². The number of benzene rings is 2. The lowest BCUT2D eigenvalue weighted by molar-refractivity contribution is -0.384. The van der Waals surface area contributed by atoms with Crippen LogP contribution in [0.4, 0.5) is 11.5 Å². The van der Waals surface area contributed by atoms with Gasteiger partial charge in [-0.05, 0) is 30.7 Å². The summed E-state index contributed by atoms with van der Waals surface area (Å²) in [6.45, 7) is 1.79. The van der Waals surface area contributed by atoms with Crippen LogP contribution in [0.15, 0.2) is 66.2 Å². The summed E-state index contributed by atoms with van der Waals surface area (Å²) in [7, 11) is 0. The van der Waals surface area contributed by atoms with E-state index in [1.165, 1.54) is 24.3 Å². The van der Waals surface area contributed by atoms with Gasteiger partial charge in [0.1, 0.15) is 17.5 Å². The Morgan fingerprint density at radius 2 is 1.96 bits per heavy atom. The molecule has 1 aromatic heterocycles. The number of amides is 1. The first-order valence-corrected chi connectivity index (χ1v) is 8.27. The summed E-state index contributed by atoms with van der Waals surface area (Å²) in [5.41, 5.74) is 1.53. The Labute approximate surface area is 160 Å². The molecule has 1 N–H and O–H groups in total. The van der Waals surface area contributed by atoms with Gasteiger partial charge in [-0.2, -0.15) is 10.4 Å². The van der Waals surface area contributed by atoms with Crippen LogP contribution < -0.4 is 5.32 Å². The fourth-order valence-corrected chi connectivity index (χ4v) is 2.58. The van der Waals surface area contributed by atoms with E-state index < -0.39 is 10.8 Å². The second kappa shape index (κ2) is 7.97. The first kappa shape index (κ1) is 18.5. The minimum absolute atomic E-state index is 0.121. The van der Waals surface area contributed by atoms with Crippen molar-refractivity contribution in [2.75, 3.05) is 5.32 Å². The number of nitro groups is 1. The fourth-order valence-electron chi connectivity index (χ4n) is 2.58. The van der Waals surface area contributed by atoms with Gasteiger partial charge in [-0.25, -0.2) is 4.68 Å². The first-order chi connectivity index (χ1) is 13.5. The quantitative estimate of drug-likeness (QED) is 0.317. The number of nitriles is 1. The lowest BCUT2D eigenvalue weighted by Gasteiger charge is -2.08. The lowest BCUT2D eigenvalue weighted by Crippen LogP contribution is -2.16. The Kier molecular flexibility index (Phi) is 5.28. The Hall–Kier alpha value is -4.25. The van der Waals surface area contributed by atoms with Crippen LogP contribution in [0.25, 0.3) is 11.8 Å². The van der Waals surface area contributed by atoms with Gasteiger partial charge in [-0.3, -0.25) is 14.9 Å². The molecule has 28 heavy (non-hydrogen) atoms. The van der Waals surface area contributed by atoms with Crippen molar-refractivity contribution < 1.29 is 9.72 Å². The number of carbonyl (C=O) groups excluding carboxylic acids is 1. The Morgan fingerprint density at radius 1 is 1.21 bits per heavy atom. The molecule has 0 radical (unpaired) electrons. The largest absolute Gasteiger partial charge is 0.306 e. The molecule has 8 heteroatoms. The molecular formula is C20H15N5O3. The molecule has 0 bridgehead atoms. The minimum Gasteiger partial charge on any atom is -0.306 e. The number of non-ortho nitro benzene ring substituents is 1. The summed E-state index contributed by atoms with van der Waals surface area (Å²) in [5.74, 6) is -0.222. The highest BCUT2D eigenvalue weighted by molar-refractivity contribution is 6.09. The predicted molar refractivity (Wildman–Crippen MR) is 104 cm³/mol. The smallest absolute Gasteiger partial charge is 0.270 e. The normalized spacial score (nSPS) is 10.9. The van der Waals surface area contributed by atoms with Crippen LogP contribution in [0.1, 0.15) is 11.3 Å². The van der Waals surface area contributed by atoms with Gasteiger partial charge in [0.2, 0.25) is 0 Å². The molecule has 2 aromatic carbocycles. The average Bonchev–Trinajstić information content (AvgIpc) is 3.07. The zero-order valence-electron chi connectivity index (χ0n) is 14.9. The highest BCUT2D eigenvalue weighted by atomic mass is 16.6. The maximum atomic E-state index is 12.6. The number of nitrogens with zero attached hydrogens (tertiary/aromatic N) is 4. The molecule has 0 unspecified atom stereocenters. The molecule has 8 nitrogen and oxygen atoms in total. The number of nitrogens with one attached hydrogen (secondary N) is 1. The SMILES string of the molecule is Cc1cc(NC(=O)C(C#N)=Cc2cccc([N+](=O)[O-])c2)n(-c2ccccc2)n1. The molecular weight excluding hydrogens is 358 g/mol. The van der Waals surface area contributed by atoms with Gasteiger partial charge in [0.25, 0.3) is 11.6 Å². The van der Waals surface area contributed by atoms with Gasteiger partial charge in [0, 0.05) is 18.2 Å². The topological polar surface area (TPSA) is 114 Å². The van der Waals surface area contributed by atoms with Gasteiger partial charge in [0.15, 0.2) is 0 Å². The van der Waals surface area contributed by atoms with E-state index in [1.807, 2.05) is 36.4 Å². The summed E-state index contributed by atoms with van der Waals surface area (Å²) in [6, 6.07) is 18.5. The van der Waals surface area contributed by atoms with E-state index >= 15 is 0 Å². The molecule has 0 atom stereocenters. The van der Waals surface area contributed by atoms with Crippen molar-refractivity contribution in [3.63, 3.8) is 0 Å². The summed E-state index contributed by atoms with van der Waals surface area (Å²) in [6.07, 6.45) is 1.30. The van der Waals surface area contributed by atoms with Crippen LogP contribution in [0.5, 0.6) is 0 Å². The predicted octanol–water partition coefficient (Wildman–Crippen LogP) is 3.63. The summed E-state index contributed by atoms with van der Waals surface area (Å²) < 4.78 is 1.57. The second-order valence-corrected chi connectivity index (χ2v) is 5.89. The molecule has 138 valence electrons. The Balaban J connectivity index is 1.89. The van der Waals surface area contributed by atoms with Crippen LogP contribution in [0.3, 0.4) is 0 Å². The van der Waals surface area contributed by atoms with Crippen molar-refractivity contribution in [1.82, 2.24) is 9.78 Å². The van der Waals surface area contributed by atoms with Crippen LogP contribution in [0.2, 0.25) is 0 Å². The van der Waals surface area contributed by atoms with E-state index in [9.17, 15) is 20.2 Å². The molecule has 0 saturated heterocycles. The molecule has 0 spiro atoms. The molecule has 0 fully saturated rings. The van der Waals surface area contributed by atoms with Gasteiger partial charge in [-0.1, -0.05) is 30.3 Å². The number of hydrogen-bond acceptors (Lipinski definition) is 5. The third-order valence-electron chi connectivity index (χ3n) is 3.83. The minimum atomic E-state index is -0.633. The highest BCUT2D eigenvalue weighted by Gasteiger charge is 2.15. The molecule has 0 aliphatic rings. The van der Waals surface area contributed by atoms with E-state index in [4.69, 9.17) is 0 Å². The van der Waals surface area contributed by atoms with Crippen molar-refractivity contribution >= 4 is 23.5 Å². The van der Waals surface area contributed by atoms with Crippen molar-refractivity contribution in [2.45, 2.75) is 6.92 Å². The van der Waals surface area contributed by atoms with Gasteiger partial charge in [-0.15, -0.1) is 0 Å². The number of aryl methyl sites for hydroxylation is 1. The number of carbonyl (C=O) groups is 1. The van der Waals surface area contributed by atoms with E-state index in [0.717, 1.165) is 5.69 Å². The number of aromatic nitrogens is 2. The highest BCUT2D eigenvalue weighted by Crippen LogP contribution is 2.19. The molecule has 1 amide bonds. The van der Waals surface area contributed by atoms with E-state index in [-0.39, 0.29) is 11.3 Å². The van der Waals surface area contributed by atoms with Crippen LogP contribution in [-0.4, -0.2) is 20.6 Å². The zero-order chi connectivity index (χ0) is 20.1. The molecule has 1 heterocycles. The van der Waals surface area contributed by atoms with Crippen molar-refractivity contribution in [3.8, 4) is 11.8 Å². The van der Waals surface area contributed by atoms with Gasteiger partial charge < -0.3 is 5.32 Å². The average molecular weight is 373 g/mol. The van der Waals surface area contributed by atoms with Crippen LogP contribution >= 0.6 is 0 Å². The summed E-state index contributed by atoms with van der Waals surface area (Å²) >= 11 is 0. The zero-order valence-corrected chi connectivity index (χ0v) is 14.9. The summed E-state index contributed by atoms with van der Waals surface area (Å²) in [4.78, 5) is 22.9. The first-order valence-electron chi connectivity index (χ1n) is 8.27. The van der Waals surface area contributed by atoms with Crippen molar-refractivity contribution in [2.24, 2.45) is 0 Å². The number of hydrogen-bond donors (Lipinski definition) is 1.